The number of unbranched alkanes of at least 4 members (excludes halogenated alkanes) is 1. The van der Waals surface area contributed by atoms with Gasteiger partial charge in [-0.3, -0.25) is 9.78 Å². The van der Waals surface area contributed by atoms with E-state index in [-0.39, 0.29) is 17.9 Å². The standard InChI is InChI=1S/C22H23N3O3/c1-3-4-9-21(25-15(2)26)19(22(27)28)12-16-10-11-20(24-14-16)18-8-6-5-7-17(18)13-23/h5-8,10-11,14H,3-4,9,12H2,1-2H3,(H,25,26)(H,27,28)/b21-19+. The van der Waals surface area contributed by atoms with Gasteiger partial charge < -0.3 is 10.4 Å². The van der Waals surface area contributed by atoms with Crippen LogP contribution in [0.3, 0.4) is 0 Å². The van der Waals surface area contributed by atoms with Crippen LogP contribution in [0.5, 0.6) is 0 Å². The molecule has 6 heteroatoms. The van der Waals surface area contributed by atoms with Crippen LogP contribution in [-0.2, 0) is 16.0 Å². The fourth-order valence-corrected chi connectivity index (χ4v) is 2.86. The van der Waals surface area contributed by atoms with Crippen molar-refractivity contribution >= 4 is 11.9 Å². The summed E-state index contributed by atoms with van der Waals surface area (Å²) in [7, 11) is 0. The summed E-state index contributed by atoms with van der Waals surface area (Å²) in [4.78, 5) is 27.7. The molecule has 144 valence electrons. The van der Waals surface area contributed by atoms with Gasteiger partial charge in [-0.1, -0.05) is 37.6 Å². The molecule has 2 aromatic rings. The molecular formula is C22H23N3O3. The number of allylic oxidation sites excluding steroid dienone is 1. The molecule has 2 rings (SSSR count). The Morgan fingerprint density at radius 2 is 1.96 bits per heavy atom. The van der Waals surface area contributed by atoms with Crippen LogP contribution in [0.15, 0.2) is 53.9 Å². The van der Waals surface area contributed by atoms with Crippen LogP contribution in [0.2, 0.25) is 0 Å². The van der Waals surface area contributed by atoms with Crippen LogP contribution < -0.4 is 5.32 Å². The number of carbonyl (C=O) groups is 2. The molecule has 0 aliphatic heterocycles. The molecule has 0 bridgehead atoms. The zero-order chi connectivity index (χ0) is 20.5. The SMILES string of the molecule is CCCC/C(NC(C)=O)=C(/Cc1ccc(-c2ccccc2C#N)nc1)C(=O)O. The minimum Gasteiger partial charge on any atom is -0.478 e. The minimum absolute atomic E-state index is 0.155. The van der Waals surface area contributed by atoms with Crippen molar-refractivity contribution < 1.29 is 14.7 Å². The van der Waals surface area contributed by atoms with Gasteiger partial charge in [0, 0.05) is 30.8 Å². The van der Waals surface area contributed by atoms with Crippen molar-refractivity contribution in [2.45, 2.75) is 39.5 Å². The lowest BCUT2D eigenvalue weighted by Crippen LogP contribution is -2.24. The lowest BCUT2D eigenvalue weighted by molar-refractivity contribution is -0.132. The normalized spacial score (nSPS) is 11.3. The second kappa shape index (κ2) is 10.0. The van der Waals surface area contributed by atoms with Crippen LogP contribution in [0.1, 0.15) is 44.2 Å². The molecule has 2 N–H and O–H groups in total. The van der Waals surface area contributed by atoms with Crippen molar-refractivity contribution in [2.24, 2.45) is 0 Å². The number of pyridine rings is 1. The van der Waals surface area contributed by atoms with Gasteiger partial charge in [-0.25, -0.2) is 4.79 Å². The molecule has 0 aliphatic rings. The van der Waals surface area contributed by atoms with E-state index in [2.05, 4.69) is 16.4 Å². The number of nitrogens with one attached hydrogen (secondary N) is 1. The maximum atomic E-state index is 11.8. The van der Waals surface area contributed by atoms with Crippen molar-refractivity contribution in [3.8, 4) is 17.3 Å². The van der Waals surface area contributed by atoms with Crippen LogP contribution in [0.25, 0.3) is 11.3 Å². The summed E-state index contributed by atoms with van der Waals surface area (Å²) in [5.74, 6) is -1.34. The van der Waals surface area contributed by atoms with Crippen LogP contribution in [-0.4, -0.2) is 22.0 Å². The zero-order valence-corrected chi connectivity index (χ0v) is 16.0. The number of aliphatic carboxylic acids is 1. The number of amides is 1. The molecular weight excluding hydrogens is 354 g/mol. The average molecular weight is 377 g/mol. The molecule has 0 spiro atoms. The summed E-state index contributed by atoms with van der Waals surface area (Å²) in [5.41, 5.74) is 3.23. The van der Waals surface area contributed by atoms with E-state index in [1.165, 1.54) is 6.92 Å². The van der Waals surface area contributed by atoms with Gasteiger partial charge in [-0.2, -0.15) is 5.26 Å². The molecule has 0 unspecified atom stereocenters. The summed E-state index contributed by atoms with van der Waals surface area (Å²) in [6, 6.07) is 12.9. The van der Waals surface area contributed by atoms with Crippen LogP contribution in [0, 0.1) is 11.3 Å². The summed E-state index contributed by atoms with van der Waals surface area (Å²) in [6.45, 7) is 3.38. The van der Waals surface area contributed by atoms with Gasteiger partial charge in [0.1, 0.15) is 0 Å². The number of hydrogen-bond acceptors (Lipinski definition) is 4. The van der Waals surface area contributed by atoms with E-state index in [9.17, 15) is 20.0 Å². The van der Waals surface area contributed by atoms with Gasteiger partial charge in [-0.05, 0) is 30.5 Å². The third kappa shape index (κ3) is 5.52. The van der Waals surface area contributed by atoms with Gasteiger partial charge in [0.25, 0.3) is 0 Å². The fourth-order valence-electron chi connectivity index (χ4n) is 2.86. The minimum atomic E-state index is -1.06. The lowest BCUT2D eigenvalue weighted by atomic mass is 10.00. The topological polar surface area (TPSA) is 103 Å². The third-order valence-electron chi connectivity index (χ3n) is 4.26. The molecule has 0 atom stereocenters. The highest BCUT2D eigenvalue weighted by Crippen LogP contribution is 2.22. The predicted molar refractivity (Wildman–Crippen MR) is 106 cm³/mol. The maximum absolute atomic E-state index is 11.8. The van der Waals surface area contributed by atoms with E-state index < -0.39 is 5.97 Å². The molecule has 0 saturated carbocycles. The van der Waals surface area contributed by atoms with Gasteiger partial charge in [0.15, 0.2) is 0 Å². The molecule has 6 nitrogen and oxygen atoms in total. The van der Waals surface area contributed by atoms with E-state index in [0.29, 0.717) is 23.4 Å². The van der Waals surface area contributed by atoms with E-state index in [1.807, 2.05) is 19.1 Å². The largest absolute Gasteiger partial charge is 0.478 e. The monoisotopic (exact) mass is 377 g/mol. The highest BCUT2D eigenvalue weighted by Gasteiger charge is 2.17. The van der Waals surface area contributed by atoms with Crippen LogP contribution >= 0.6 is 0 Å². The Morgan fingerprint density at radius 1 is 1.21 bits per heavy atom. The number of nitrogens with zero attached hydrogens (tertiary/aromatic N) is 2. The summed E-state index contributed by atoms with van der Waals surface area (Å²) in [6.07, 6.45) is 3.94. The highest BCUT2D eigenvalue weighted by molar-refractivity contribution is 5.89. The second-order valence-corrected chi connectivity index (χ2v) is 6.43. The number of nitriles is 1. The van der Waals surface area contributed by atoms with E-state index in [4.69, 9.17) is 0 Å². The van der Waals surface area contributed by atoms with Crippen molar-refractivity contribution in [2.75, 3.05) is 0 Å². The molecule has 1 aromatic heterocycles. The summed E-state index contributed by atoms with van der Waals surface area (Å²) < 4.78 is 0. The Hall–Kier alpha value is -3.46. The molecule has 0 radical (unpaired) electrons. The first-order valence-electron chi connectivity index (χ1n) is 9.13. The summed E-state index contributed by atoms with van der Waals surface area (Å²) >= 11 is 0. The molecule has 0 aliphatic carbocycles. The molecule has 1 aromatic carbocycles. The molecule has 0 saturated heterocycles. The second-order valence-electron chi connectivity index (χ2n) is 6.43. The van der Waals surface area contributed by atoms with Crippen molar-refractivity contribution in [3.63, 3.8) is 0 Å². The number of aromatic nitrogens is 1. The molecule has 1 heterocycles. The Labute approximate surface area is 164 Å². The van der Waals surface area contributed by atoms with Crippen LogP contribution in [0.4, 0.5) is 0 Å². The van der Waals surface area contributed by atoms with Crippen molar-refractivity contribution in [3.05, 3.63) is 65.0 Å². The first-order chi connectivity index (χ1) is 13.5. The lowest BCUT2D eigenvalue weighted by Gasteiger charge is -2.13. The van der Waals surface area contributed by atoms with Crippen molar-refractivity contribution in [1.29, 1.82) is 5.26 Å². The Bertz CT molecular complexity index is 925. The maximum Gasteiger partial charge on any atom is 0.333 e. The van der Waals surface area contributed by atoms with Gasteiger partial charge in [0.05, 0.1) is 22.9 Å². The smallest absolute Gasteiger partial charge is 0.333 e. The first-order valence-corrected chi connectivity index (χ1v) is 9.13. The number of benzene rings is 1. The van der Waals surface area contributed by atoms with E-state index >= 15 is 0 Å². The Morgan fingerprint density at radius 3 is 2.54 bits per heavy atom. The summed E-state index contributed by atoms with van der Waals surface area (Å²) in [5, 5.41) is 21.6. The average Bonchev–Trinajstić information content (AvgIpc) is 2.69. The molecule has 28 heavy (non-hydrogen) atoms. The van der Waals surface area contributed by atoms with E-state index in [1.54, 1.807) is 30.5 Å². The predicted octanol–water partition coefficient (Wildman–Crippen LogP) is 3.83. The number of carboxylic acid groups (broad SMARTS) is 1. The van der Waals surface area contributed by atoms with Gasteiger partial charge in [0.2, 0.25) is 5.91 Å². The number of carbonyl (C=O) groups excluding carboxylic acids is 1. The quantitative estimate of drug-likeness (QED) is 0.681. The number of rotatable bonds is 8. The fraction of sp³-hybridized carbons (Fsp3) is 0.273. The highest BCUT2D eigenvalue weighted by atomic mass is 16.4. The first kappa shape index (κ1) is 20.8. The Kier molecular flexibility index (Phi) is 7.46. The zero-order valence-electron chi connectivity index (χ0n) is 16.0. The van der Waals surface area contributed by atoms with Gasteiger partial charge >= 0.3 is 5.97 Å². The van der Waals surface area contributed by atoms with E-state index in [0.717, 1.165) is 24.0 Å². The molecule has 0 fully saturated rings. The van der Waals surface area contributed by atoms with Crippen molar-refractivity contribution in [1.82, 2.24) is 10.3 Å². The number of hydrogen-bond donors (Lipinski definition) is 2. The van der Waals surface area contributed by atoms with Gasteiger partial charge in [-0.15, -0.1) is 0 Å². The Balaban J connectivity index is 2.33. The number of carboxylic acids is 1. The third-order valence-corrected chi connectivity index (χ3v) is 4.26. The molecule has 1 amide bonds.